The molecule has 1 aliphatic carbocycles. The molecule has 1 fully saturated rings. The first-order valence-electron chi connectivity index (χ1n) is 6.69. The number of rotatable bonds is 3. The minimum absolute atomic E-state index is 0.0240. The average Bonchev–Trinajstić information content (AvgIpc) is 3.21. The summed E-state index contributed by atoms with van der Waals surface area (Å²) in [6.07, 6.45) is 0.671. The molecule has 2 atom stereocenters. The van der Waals surface area contributed by atoms with Crippen LogP contribution in [0.1, 0.15) is 29.3 Å². The van der Waals surface area contributed by atoms with Crippen molar-refractivity contribution in [3.05, 3.63) is 45.2 Å². The number of aromatic amines is 1. The van der Waals surface area contributed by atoms with Gasteiger partial charge in [-0.3, -0.25) is 10.1 Å². The van der Waals surface area contributed by atoms with Crippen LogP contribution in [-0.4, -0.2) is 15.9 Å². The number of imidazole rings is 1. The number of aromatic nitrogens is 2. The maximum absolute atomic E-state index is 12.2. The Balaban J connectivity index is 1.70. The van der Waals surface area contributed by atoms with Gasteiger partial charge in [0.1, 0.15) is 12.1 Å². The summed E-state index contributed by atoms with van der Waals surface area (Å²) in [6, 6.07) is 8.80. The van der Waals surface area contributed by atoms with Crippen LogP contribution in [0.15, 0.2) is 18.2 Å². The van der Waals surface area contributed by atoms with Crippen LogP contribution < -0.4 is 5.32 Å². The molecule has 23 heavy (non-hydrogen) atoms. The molecule has 114 valence electrons. The van der Waals surface area contributed by atoms with Gasteiger partial charge in [-0.25, -0.2) is 4.98 Å². The molecule has 1 heterocycles. The van der Waals surface area contributed by atoms with Gasteiger partial charge >= 0.3 is 0 Å². The summed E-state index contributed by atoms with van der Waals surface area (Å²) in [5.41, 5.74) is 0.859. The molecule has 0 saturated heterocycles. The van der Waals surface area contributed by atoms with Crippen molar-refractivity contribution >= 4 is 35.1 Å². The van der Waals surface area contributed by atoms with E-state index in [1.165, 1.54) is 0 Å². The number of nitrogens with zero attached hydrogens (tertiary/aromatic N) is 3. The van der Waals surface area contributed by atoms with Gasteiger partial charge in [0.15, 0.2) is 11.4 Å². The van der Waals surface area contributed by atoms with Crippen molar-refractivity contribution in [2.75, 3.05) is 5.32 Å². The normalized spacial score (nSPS) is 18.8. The van der Waals surface area contributed by atoms with E-state index in [0.29, 0.717) is 16.5 Å². The number of hydrogen-bond donors (Lipinski definition) is 2. The SMILES string of the molecule is N#Cc1nc(NC(=O)[C@@H]2C[C@H]2c2ccc(Cl)cc2Cl)[nH]c1C#N. The lowest BCUT2D eigenvalue weighted by Crippen LogP contribution is -2.15. The summed E-state index contributed by atoms with van der Waals surface area (Å²) in [7, 11) is 0. The monoisotopic (exact) mass is 345 g/mol. The predicted molar refractivity (Wildman–Crippen MR) is 84.0 cm³/mol. The average molecular weight is 346 g/mol. The van der Waals surface area contributed by atoms with E-state index in [-0.39, 0.29) is 35.1 Å². The fourth-order valence-corrected chi connectivity index (χ4v) is 2.98. The molecule has 0 spiro atoms. The molecule has 1 aromatic heterocycles. The maximum Gasteiger partial charge on any atom is 0.230 e. The van der Waals surface area contributed by atoms with Crippen molar-refractivity contribution in [1.29, 1.82) is 10.5 Å². The third-order valence-corrected chi connectivity index (χ3v) is 4.21. The van der Waals surface area contributed by atoms with Crippen LogP contribution in [0.25, 0.3) is 0 Å². The van der Waals surface area contributed by atoms with Crippen molar-refractivity contribution in [3.63, 3.8) is 0 Å². The topological polar surface area (TPSA) is 105 Å². The lowest BCUT2D eigenvalue weighted by molar-refractivity contribution is -0.117. The van der Waals surface area contributed by atoms with E-state index in [2.05, 4.69) is 15.3 Å². The van der Waals surface area contributed by atoms with E-state index in [4.69, 9.17) is 33.7 Å². The van der Waals surface area contributed by atoms with Gasteiger partial charge in [0.2, 0.25) is 11.9 Å². The van der Waals surface area contributed by atoms with Gasteiger partial charge in [0, 0.05) is 16.0 Å². The summed E-state index contributed by atoms with van der Waals surface area (Å²) in [5.74, 6) is -0.338. The number of hydrogen-bond acceptors (Lipinski definition) is 4. The quantitative estimate of drug-likeness (QED) is 0.890. The van der Waals surface area contributed by atoms with Crippen molar-refractivity contribution in [2.24, 2.45) is 5.92 Å². The minimum Gasteiger partial charge on any atom is -0.314 e. The van der Waals surface area contributed by atoms with Crippen LogP contribution in [0.2, 0.25) is 10.0 Å². The van der Waals surface area contributed by atoms with Gasteiger partial charge in [-0.1, -0.05) is 29.3 Å². The molecule has 1 aromatic carbocycles. The first-order chi connectivity index (χ1) is 11.0. The molecular weight excluding hydrogens is 337 g/mol. The number of benzene rings is 1. The molecule has 1 aliphatic rings. The van der Waals surface area contributed by atoms with Crippen molar-refractivity contribution in [1.82, 2.24) is 9.97 Å². The number of halogens is 2. The Morgan fingerprint density at radius 2 is 2.13 bits per heavy atom. The van der Waals surface area contributed by atoms with E-state index in [1.54, 1.807) is 18.2 Å². The van der Waals surface area contributed by atoms with Crippen LogP contribution >= 0.6 is 23.2 Å². The molecule has 0 unspecified atom stereocenters. The predicted octanol–water partition coefficient (Wildman–Crippen LogP) is 3.20. The van der Waals surface area contributed by atoms with Crippen LogP contribution in [0.3, 0.4) is 0 Å². The largest absolute Gasteiger partial charge is 0.314 e. The number of nitrogens with one attached hydrogen (secondary N) is 2. The van der Waals surface area contributed by atoms with Crippen LogP contribution in [0, 0.1) is 28.6 Å². The highest BCUT2D eigenvalue weighted by Gasteiger charge is 2.45. The molecule has 2 aromatic rings. The van der Waals surface area contributed by atoms with E-state index in [1.807, 2.05) is 12.1 Å². The maximum atomic E-state index is 12.2. The van der Waals surface area contributed by atoms with Gasteiger partial charge in [-0.05, 0) is 30.0 Å². The molecule has 0 aliphatic heterocycles. The standard InChI is InChI=1S/C15H9Cl2N5O/c16-7-1-2-8(11(17)3-7)9-4-10(9)14(23)22-15-20-12(5-18)13(6-19)21-15/h1-3,9-10H,4H2,(H2,20,21,22,23)/t9-,10+/m0/s1. The first-order valence-corrected chi connectivity index (χ1v) is 7.45. The summed E-state index contributed by atoms with van der Waals surface area (Å²) < 4.78 is 0. The van der Waals surface area contributed by atoms with Gasteiger partial charge < -0.3 is 4.98 Å². The Labute approximate surface area is 141 Å². The highest BCUT2D eigenvalue weighted by molar-refractivity contribution is 6.35. The lowest BCUT2D eigenvalue weighted by Gasteiger charge is -2.04. The Morgan fingerprint density at radius 1 is 1.35 bits per heavy atom. The molecule has 1 amide bonds. The highest BCUT2D eigenvalue weighted by Crippen LogP contribution is 2.50. The van der Waals surface area contributed by atoms with E-state index < -0.39 is 0 Å². The van der Waals surface area contributed by atoms with Crippen LogP contribution in [0.5, 0.6) is 0 Å². The number of H-pyrrole nitrogens is 1. The summed E-state index contributed by atoms with van der Waals surface area (Å²) in [6.45, 7) is 0. The third kappa shape index (κ3) is 3.00. The Bertz CT molecular complexity index is 845. The van der Waals surface area contributed by atoms with Gasteiger partial charge in [-0.2, -0.15) is 10.5 Å². The summed E-state index contributed by atoms with van der Waals surface area (Å²) in [5, 5.41) is 21.4. The number of carbonyl (C=O) groups excluding carboxylic acids is 1. The fourth-order valence-electron chi connectivity index (χ4n) is 2.43. The second-order valence-corrected chi connectivity index (χ2v) is 5.98. The zero-order chi connectivity index (χ0) is 16.6. The molecular formula is C15H9Cl2N5O. The molecule has 1 saturated carbocycles. The number of carbonyl (C=O) groups is 1. The summed E-state index contributed by atoms with van der Waals surface area (Å²) in [4.78, 5) is 18.7. The minimum atomic E-state index is -0.233. The Hall–Kier alpha value is -2.54. The molecule has 3 rings (SSSR count). The zero-order valence-corrected chi connectivity index (χ0v) is 13.1. The van der Waals surface area contributed by atoms with E-state index in [9.17, 15) is 4.79 Å². The smallest absolute Gasteiger partial charge is 0.230 e. The number of amides is 1. The second kappa shape index (κ2) is 5.92. The second-order valence-electron chi connectivity index (χ2n) is 5.14. The van der Waals surface area contributed by atoms with Crippen LogP contribution in [0.4, 0.5) is 5.95 Å². The van der Waals surface area contributed by atoms with E-state index in [0.717, 1.165) is 5.56 Å². The fraction of sp³-hybridized carbons (Fsp3) is 0.200. The van der Waals surface area contributed by atoms with Crippen molar-refractivity contribution < 1.29 is 4.79 Å². The number of nitriles is 2. The van der Waals surface area contributed by atoms with Gasteiger partial charge in [0.25, 0.3) is 0 Å². The third-order valence-electron chi connectivity index (χ3n) is 3.65. The first kappa shape index (κ1) is 15.4. The molecule has 0 radical (unpaired) electrons. The Kier molecular flexibility index (Phi) is 3.96. The lowest BCUT2D eigenvalue weighted by atomic mass is 10.1. The number of anilines is 1. The molecule has 8 heteroatoms. The summed E-state index contributed by atoms with van der Waals surface area (Å²) >= 11 is 12.0. The Morgan fingerprint density at radius 3 is 2.74 bits per heavy atom. The molecule has 0 bridgehead atoms. The van der Waals surface area contributed by atoms with Crippen molar-refractivity contribution in [2.45, 2.75) is 12.3 Å². The highest BCUT2D eigenvalue weighted by atomic mass is 35.5. The van der Waals surface area contributed by atoms with Gasteiger partial charge in [0.05, 0.1) is 0 Å². The molecule has 2 N–H and O–H groups in total. The van der Waals surface area contributed by atoms with E-state index >= 15 is 0 Å². The van der Waals surface area contributed by atoms with Crippen molar-refractivity contribution in [3.8, 4) is 12.1 Å². The van der Waals surface area contributed by atoms with Crippen LogP contribution in [-0.2, 0) is 4.79 Å². The zero-order valence-electron chi connectivity index (χ0n) is 11.6. The van der Waals surface area contributed by atoms with Gasteiger partial charge in [-0.15, -0.1) is 0 Å². The molecule has 6 nitrogen and oxygen atoms in total.